The van der Waals surface area contributed by atoms with Gasteiger partial charge in [-0.1, -0.05) is 12.1 Å². The predicted molar refractivity (Wildman–Crippen MR) is 41.8 cm³/mol. The molecule has 0 aromatic heterocycles. The topological polar surface area (TPSA) is 69.4 Å². The van der Waals surface area contributed by atoms with E-state index in [-0.39, 0.29) is 5.75 Å². The molecule has 60 valence electrons. The predicted octanol–water partition coefficient (Wildman–Crippen LogP) is 0.174. The number of benzene rings is 1. The molecule has 0 saturated carbocycles. The lowest BCUT2D eigenvalue weighted by Gasteiger charge is -1.99. The van der Waals surface area contributed by atoms with E-state index in [1.54, 1.807) is 18.2 Å². The van der Waals surface area contributed by atoms with Crippen molar-refractivity contribution in [2.24, 2.45) is 0 Å². The number of hydrogen-bond acceptors (Lipinski definition) is 4. The van der Waals surface area contributed by atoms with E-state index in [1.165, 1.54) is 6.07 Å². The van der Waals surface area contributed by atoms with E-state index in [2.05, 4.69) is 4.18 Å². The standard InChI is InChI=1S/C6H7NO3S/c7-5-3-1-2-4-6(5)10-11(8)9/h1-4,11H,7H2. The van der Waals surface area contributed by atoms with Crippen LogP contribution < -0.4 is 9.92 Å². The second kappa shape index (κ2) is 3.25. The van der Waals surface area contributed by atoms with Crippen LogP contribution in [-0.4, -0.2) is 8.42 Å². The van der Waals surface area contributed by atoms with Gasteiger partial charge in [0, 0.05) is 0 Å². The van der Waals surface area contributed by atoms with Gasteiger partial charge in [0.05, 0.1) is 5.69 Å². The Morgan fingerprint density at radius 3 is 2.45 bits per heavy atom. The molecule has 0 aliphatic rings. The first kappa shape index (κ1) is 7.87. The van der Waals surface area contributed by atoms with Gasteiger partial charge in [0.15, 0.2) is 5.75 Å². The first-order valence-electron chi connectivity index (χ1n) is 2.87. The molecule has 1 aromatic rings. The number of nitrogen functional groups attached to an aromatic ring is 1. The fraction of sp³-hybridized carbons (Fsp3) is 0. The lowest BCUT2D eigenvalue weighted by Crippen LogP contribution is -1.94. The lowest BCUT2D eigenvalue weighted by atomic mass is 10.3. The van der Waals surface area contributed by atoms with Crippen LogP contribution in [0, 0.1) is 0 Å². The van der Waals surface area contributed by atoms with Gasteiger partial charge in [0.25, 0.3) is 11.0 Å². The molecule has 5 heteroatoms. The Kier molecular flexibility index (Phi) is 2.32. The molecule has 0 atom stereocenters. The van der Waals surface area contributed by atoms with Gasteiger partial charge in [-0.05, 0) is 12.1 Å². The number of nitrogens with two attached hydrogens (primary N) is 1. The minimum absolute atomic E-state index is 0.170. The van der Waals surface area contributed by atoms with E-state index in [4.69, 9.17) is 5.73 Å². The van der Waals surface area contributed by atoms with Crippen molar-refractivity contribution in [3.63, 3.8) is 0 Å². The lowest BCUT2D eigenvalue weighted by molar-refractivity contribution is 0.512. The number of anilines is 1. The van der Waals surface area contributed by atoms with Crippen molar-refractivity contribution >= 4 is 16.7 Å². The molecule has 0 aliphatic carbocycles. The summed E-state index contributed by atoms with van der Waals surface area (Å²) in [5, 5.41) is 0. The highest BCUT2D eigenvalue weighted by Gasteiger charge is 1.97. The van der Waals surface area contributed by atoms with Crippen molar-refractivity contribution in [3.8, 4) is 5.75 Å². The smallest absolute Gasteiger partial charge is 0.299 e. The van der Waals surface area contributed by atoms with Crippen molar-refractivity contribution in [3.05, 3.63) is 24.3 Å². The molecule has 0 amide bonds. The average molecular weight is 173 g/mol. The van der Waals surface area contributed by atoms with Crippen molar-refractivity contribution in [1.82, 2.24) is 0 Å². The SMILES string of the molecule is Nc1ccccc1O[SH](=O)=O. The van der Waals surface area contributed by atoms with Gasteiger partial charge in [-0.25, -0.2) is 0 Å². The molecule has 1 rings (SSSR count). The van der Waals surface area contributed by atoms with Crippen LogP contribution >= 0.6 is 0 Å². The molecule has 1 aromatic carbocycles. The zero-order valence-electron chi connectivity index (χ0n) is 5.56. The summed E-state index contributed by atoms with van der Waals surface area (Å²) < 4.78 is 24.5. The van der Waals surface area contributed by atoms with Crippen molar-refractivity contribution in [2.45, 2.75) is 0 Å². The summed E-state index contributed by atoms with van der Waals surface area (Å²) in [6.07, 6.45) is 0. The maximum absolute atomic E-state index is 10.1. The Bertz CT molecular complexity index is 313. The van der Waals surface area contributed by atoms with Gasteiger partial charge in [0.2, 0.25) is 0 Å². The molecule has 0 aliphatic heterocycles. The van der Waals surface area contributed by atoms with Crippen LogP contribution in [0.1, 0.15) is 0 Å². The van der Waals surface area contributed by atoms with Gasteiger partial charge >= 0.3 is 0 Å². The van der Waals surface area contributed by atoms with E-state index in [1.807, 2.05) is 0 Å². The van der Waals surface area contributed by atoms with Crippen molar-refractivity contribution in [1.29, 1.82) is 0 Å². The summed E-state index contributed by atoms with van der Waals surface area (Å²) in [6.45, 7) is 0. The summed E-state index contributed by atoms with van der Waals surface area (Å²) in [4.78, 5) is 0. The third-order valence-electron chi connectivity index (χ3n) is 1.09. The molecule has 0 fully saturated rings. The van der Waals surface area contributed by atoms with E-state index in [0.29, 0.717) is 5.69 Å². The Hall–Kier alpha value is -1.23. The van der Waals surface area contributed by atoms with Crippen LogP contribution in [0.5, 0.6) is 5.75 Å². The van der Waals surface area contributed by atoms with E-state index >= 15 is 0 Å². The Balaban J connectivity index is 2.94. The van der Waals surface area contributed by atoms with Gasteiger partial charge in [-0.15, -0.1) is 0 Å². The molecule has 0 bridgehead atoms. The van der Waals surface area contributed by atoms with Gasteiger partial charge in [-0.2, -0.15) is 8.42 Å². The third kappa shape index (κ3) is 2.12. The van der Waals surface area contributed by atoms with Crippen LogP contribution in [0.4, 0.5) is 5.69 Å². The monoisotopic (exact) mass is 173 g/mol. The van der Waals surface area contributed by atoms with Crippen LogP contribution in [0.3, 0.4) is 0 Å². The summed E-state index contributed by atoms with van der Waals surface area (Å²) >= 11 is 0. The number of rotatable bonds is 2. The normalized spacial score (nSPS) is 9.91. The Morgan fingerprint density at radius 2 is 1.91 bits per heavy atom. The van der Waals surface area contributed by atoms with E-state index in [0.717, 1.165) is 0 Å². The van der Waals surface area contributed by atoms with Gasteiger partial charge in [-0.3, -0.25) is 0 Å². The molecule has 0 radical (unpaired) electrons. The molecule has 0 heterocycles. The zero-order valence-corrected chi connectivity index (χ0v) is 6.45. The third-order valence-corrected chi connectivity index (χ3v) is 1.44. The number of hydrogen-bond donors (Lipinski definition) is 2. The molecule has 2 N–H and O–H groups in total. The molecular formula is C6H7NO3S. The molecule has 0 spiro atoms. The second-order valence-electron chi connectivity index (χ2n) is 1.85. The van der Waals surface area contributed by atoms with Crippen molar-refractivity contribution < 1.29 is 12.6 Å². The molecule has 11 heavy (non-hydrogen) atoms. The van der Waals surface area contributed by atoms with Gasteiger partial charge < -0.3 is 9.92 Å². The largest absolute Gasteiger partial charge is 0.396 e. The Labute approximate surface area is 65.8 Å². The van der Waals surface area contributed by atoms with E-state index in [9.17, 15) is 8.42 Å². The molecular weight excluding hydrogens is 166 g/mol. The van der Waals surface area contributed by atoms with Crippen molar-refractivity contribution in [2.75, 3.05) is 5.73 Å². The fourth-order valence-electron chi connectivity index (χ4n) is 0.644. The van der Waals surface area contributed by atoms with E-state index < -0.39 is 11.0 Å². The number of para-hydroxylation sites is 2. The highest BCUT2D eigenvalue weighted by molar-refractivity contribution is 7.67. The maximum atomic E-state index is 10.1. The first-order valence-corrected chi connectivity index (χ1v) is 3.96. The Morgan fingerprint density at radius 1 is 1.27 bits per heavy atom. The maximum Gasteiger partial charge on any atom is 0.299 e. The fourth-order valence-corrected chi connectivity index (χ4v) is 0.971. The molecule has 0 unspecified atom stereocenters. The molecule has 4 nitrogen and oxygen atoms in total. The summed E-state index contributed by atoms with van der Waals surface area (Å²) in [6, 6.07) is 6.39. The highest BCUT2D eigenvalue weighted by Crippen LogP contribution is 2.19. The molecule has 0 saturated heterocycles. The zero-order chi connectivity index (χ0) is 8.27. The van der Waals surface area contributed by atoms with Gasteiger partial charge in [0.1, 0.15) is 0 Å². The minimum Gasteiger partial charge on any atom is -0.396 e. The first-order chi connectivity index (χ1) is 5.20. The van der Waals surface area contributed by atoms with Crippen LogP contribution in [0.15, 0.2) is 24.3 Å². The van der Waals surface area contributed by atoms with Crippen LogP contribution in [0.25, 0.3) is 0 Å². The second-order valence-corrected chi connectivity index (χ2v) is 2.48. The van der Waals surface area contributed by atoms with Crippen LogP contribution in [-0.2, 0) is 11.0 Å². The summed E-state index contributed by atoms with van der Waals surface area (Å²) in [5.41, 5.74) is 5.69. The summed E-state index contributed by atoms with van der Waals surface area (Å²) in [7, 11) is -2.87. The minimum atomic E-state index is -2.87. The van der Waals surface area contributed by atoms with Crippen LogP contribution in [0.2, 0.25) is 0 Å². The average Bonchev–Trinajstić information content (AvgIpc) is 1.93. The quantitative estimate of drug-likeness (QED) is 0.494. The highest BCUT2D eigenvalue weighted by atomic mass is 32.2. The summed E-state index contributed by atoms with van der Waals surface area (Å²) in [5.74, 6) is 0.170. The number of thiol groups is 1.